The Morgan fingerprint density at radius 1 is 1.53 bits per heavy atom. The minimum atomic E-state index is -0.307. The number of halogens is 1. The van der Waals surface area contributed by atoms with E-state index >= 15 is 0 Å². The molecule has 15 heavy (non-hydrogen) atoms. The number of hydrogen-bond donors (Lipinski definition) is 0. The number of carbonyl (C=O) groups excluding carboxylic acids is 1. The second-order valence-corrected chi connectivity index (χ2v) is 4.37. The number of likely N-dealkylation sites (N-methyl/N-ethyl adjacent to an activating group) is 1. The highest BCUT2D eigenvalue weighted by Gasteiger charge is 2.29. The molecule has 0 fully saturated rings. The standard InChI is InChI=1S/C10H10BrN3O/c1-14(2)10(15)6-5-13-9-8(6)7(11)3-4-12-9/h3-6H,1-2H3. The molecule has 0 spiro atoms. The van der Waals surface area contributed by atoms with Gasteiger partial charge in [-0.05, 0) is 6.07 Å². The van der Waals surface area contributed by atoms with E-state index in [1.165, 1.54) is 0 Å². The molecule has 0 aliphatic carbocycles. The summed E-state index contributed by atoms with van der Waals surface area (Å²) in [4.78, 5) is 21.7. The Morgan fingerprint density at radius 3 is 2.93 bits per heavy atom. The highest BCUT2D eigenvalue weighted by Crippen LogP contribution is 2.36. The van der Waals surface area contributed by atoms with Gasteiger partial charge in [0.15, 0.2) is 5.82 Å². The highest BCUT2D eigenvalue weighted by atomic mass is 79.9. The molecule has 4 nitrogen and oxygen atoms in total. The summed E-state index contributed by atoms with van der Waals surface area (Å²) in [6, 6.07) is 1.82. The molecule has 0 N–H and O–H groups in total. The predicted octanol–water partition coefficient (Wildman–Crippen LogP) is 1.73. The summed E-state index contributed by atoms with van der Waals surface area (Å²) < 4.78 is 0.880. The third kappa shape index (κ3) is 1.67. The van der Waals surface area contributed by atoms with Crippen molar-refractivity contribution in [1.29, 1.82) is 0 Å². The van der Waals surface area contributed by atoms with E-state index in [-0.39, 0.29) is 11.8 Å². The van der Waals surface area contributed by atoms with Gasteiger partial charge in [0.05, 0.1) is 0 Å². The van der Waals surface area contributed by atoms with Crippen LogP contribution in [-0.2, 0) is 4.79 Å². The van der Waals surface area contributed by atoms with Crippen molar-refractivity contribution >= 4 is 33.9 Å². The summed E-state index contributed by atoms with van der Waals surface area (Å²) in [5.74, 6) is 0.342. The highest BCUT2D eigenvalue weighted by molar-refractivity contribution is 9.10. The topological polar surface area (TPSA) is 45.6 Å². The molecule has 0 saturated carbocycles. The van der Waals surface area contributed by atoms with E-state index in [4.69, 9.17) is 0 Å². The molecular formula is C10H10BrN3O. The van der Waals surface area contributed by atoms with Gasteiger partial charge in [0.1, 0.15) is 5.92 Å². The van der Waals surface area contributed by atoms with E-state index in [2.05, 4.69) is 25.9 Å². The summed E-state index contributed by atoms with van der Waals surface area (Å²) in [5.41, 5.74) is 0.858. The van der Waals surface area contributed by atoms with Crippen LogP contribution >= 0.6 is 15.9 Å². The summed E-state index contributed by atoms with van der Waals surface area (Å²) in [7, 11) is 3.47. The van der Waals surface area contributed by atoms with Crippen LogP contribution in [0.25, 0.3) is 0 Å². The lowest BCUT2D eigenvalue weighted by atomic mass is 10.0. The van der Waals surface area contributed by atoms with Crippen molar-refractivity contribution in [3.8, 4) is 0 Å². The quantitative estimate of drug-likeness (QED) is 0.778. The average Bonchev–Trinajstić information content (AvgIpc) is 2.61. The summed E-state index contributed by atoms with van der Waals surface area (Å²) in [5, 5.41) is 0. The molecule has 2 heterocycles. The van der Waals surface area contributed by atoms with E-state index < -0.39 is 0 Å². The molecule has 1 unspecified atom stereocenters. The van der Waals surface area contributed by atoms with E-state index in [1.54, 1.807) is 31.4 Å². The molecule has 1 atom stereocenters. The van der Waals surface area contributed by atoms with Crippen molar-refractivity contribution in [2.75, 3.05) is 14.1 Å². The Labute approximate surface area is 96.2 Å². The number of nitrogens with zero attached hydrogens (tertiary/aromatic N) is 3. The molecule has 1 aromatic rings. The van der Waals surface area contributed by atoms with Crippen LogP contribution in [-0.4, -0.2) is 36.1 Å². The van der Waals surface area contributed by atoms with Crippen LogP contribution < -0.4 is 0 Å². The first kappa shape index (κ1) is 10.3. The van der Waals surface area contributed by atoms with Crippen LogP contribution in [0.4, 0.5) is 5.82 Å². The summed E-state index contributed by atoms with van der Waals surface area (Å²) >= 11 is 3.41. The third-order valence-corrected chi connectivity index (χ3v) is 2.97. The second kappa shape index (κ2) is 3.73. The lowest BCUT2D eigenvalue weighted by molar-refractivity contribution is -0.128. The van der Waals surface area contributed by atoms with Crippen LogP contribution in [0.5, 0.6) is 0 Å². The van der Waals surface area contributed by atoms with Crippen LogP contribution in [0.15, 0.2) is 21.7 Å². The zero-order chi connectivity index (χ0) is 11.0. The average molecular weight is 268 g/mol. The number of rotatable bonds is 1. The number of aliphatic imine (C=N–C) groups is 1. The van der Waals surface area contributed by atoms with Gasteiger partial charge in [-0.2, -0.15) is 0 Å². The number of aromatic nitrogens is 1. The summed E-state index contributed by atoms with van der Waals surface area (Å²) in [6.07, 6.45) is 3.31. The Morgan fingerprint density at radius 2 is 2.27 bits per heavy atom. The van der Waals surface area contributed by atoms with Crippen LogP contribution in [0.2, 0.25) is 0 Å². The molecule has 1 aliphatic rings. The van der Waals surface area contributed by atoms with E-state index in [9.17, 15) is 4.79 Å². The Bertz CT molecular complexity index is 442. The number of pyridine rings is 1. The normalized spacial score (nSPS) is 17.7. The lowest BCUT2D eigenvalue weighted by Crippen LogP contribution is -2.28. The van der Waals surface area contributed by atoms with Gasteiger partial charge >= 0.3 is 0 Å². The van der Waals surface area contributed by atoms with E-state index in [0.717, 1.165) is 10.0 Å². The zero-order valence-electron chi connectivity index (χ0n) is 8.44. The molecule has 1 amide bonds. The smallest absolute Gasteiger partial charge is 0.235 e. The Hall–Kier alpha value is -1.23. The molecule has 78 valence electrons. The zero-order valence-corrected chi connectivity index (χ0v) is 10.0. The van der Waals surface area contributed by atoms with Gasteiger partial charge < -0.3 is 4.90 Å². The fourth-order valence-corrected chi connectivity index (χ4v) is 2.06. The van der Waals surface area contributed by atoms with Gasteiger partial charge in [-0.1, -0.05) is 15.9 Å². The maximum absolute atomic E-state index is 11.8. The largest absolute Gasteiger partial charge is 0.348 e. The number of amides is 1. The Balaban J connectivity index is 2.44. The van der Waals surface area contributed by atoms with Crippen molar-refractivity contribution in [2.24, 2.45) is 4.99 Å². The maximum Gasteiger partial charge on any atom is 0.235 e. The van der Waals surface area contributed by atoms with E-state index in [0.29, 0.717) is 5.82 Å². The maximum atomic E-state index is 11.8. The number of hydrogen-bond acceptors (Lipinski definition) is 3. The SMILES string of the molecule is CN(C)C(=O)C1C=Nc2nccc(Br)c21. The van der Waals surface area contributed by atoms with Gasteiger partial charge in [0.25, 0.3) is 0 Å². The van der Waals surface area contributed by atoms with Crippen molar-refractivity contribution in [1.82, 2.24) is 9.88 Å². The predicted molar refractivity (Wildman–Crippen MR) is 61.5 cm³/mol. The van der Waals surface area contributed by atoms with Crippen LogP contribution in [0.3, 0.4) is 0 Å². The van der Waals surface area contributed by atoms with Crippen molar-refractivity contribution < 1.29 is 4.79 Å². The van der Waals surface area contributed by atoms with Crippen LogP contribution in [0.1, 0.15) is 11.5 Å². The molecular weight excluding hydrogens is 258 g/mol. The van der Waals surface area contributed by atoms with Gasteiger partial charge in [-0.25, -0.2) is 9.98 Å². The van der Waals surface area contributed by atoms with Gasteiger partial charge in [0.2, 0.25) is 5.91 Å². The molecule has 1 aliphatic heterocycles. The molecule has 0 radical (unpaired) electrons. The first-order valence-electron chi connectivity index (χ1n) is 4.51. The molecule has 0 saturated heterocycles. The minimum Gasteiger partial charge on any atom is -0.348 e. The first-order chi connectivity index (χ1) is 7.11. The monoisotopic (exact) mass is 267 g/mol. The molecule has 0 bridgehead atoms. The molecule has 1 aromatic heterocycles. The fourth-order valence-electron chi connectivity index (χ4n) is 1.52. The first-order valence-corrected chi connectivity index (χ1v) is 5.30. The van der Waals surface area contributed by atoms with E-state index in [1.807, 2.05) is 6.07 Å². The van der Waals surface area contributed by atoms with Crippen LogP contribution in [0, 0.1) is 0 Å². The minimum absolute atomic E-state index is 0.0196. The second-order valence-electron chi connectivity index (χ2n) is 3.52. The Kier molecular flexibility index (Phi) is 2.56. The third-order valence-electron chi connectivity index (χ3n) is 2.28. The number of carbonyl (C=O) groups is 1. The number of fused-ring (bicyclic) bond motifs is 1. The van der Waals surface area contributed by atoms with Crippen molar-refractivity contribution in [3.05, 3.63) is 22.3 Å². The molecule has 5 heteroatoms. The van der Waals surface area contributed by atoms with Gasteiger partial charge in [-0.3, -0.25) is 4.79 Å². The van der Waals surface area contributed by atoms with Gasteiger partial charge in [-0.15, -0.1) is 0 Å². The summed E-state index contributed by atoms with van der Waals surface area (Å²) in [6.45, 7) is 0. The molecule has 0 aromatic carbocycles. The molecule has 2 rings (SSSR count). The van der Waals surface area contributed by atoms with Crippen molar-refractivity contribution in [2.45, 2.75) is 5.92 Å². The van der Waals surface area contributed by atoms with Crippen molar-refractivity contribution in [3.63, 3.8) is 0 Å². The fraction of sp³-hybridized carbons (Fsp3) is 0.300. The van der Waals surface area contributed by atoms with Gasteiger partial charge in [0, 0.05) is 36.5 Å². The lowest BCUT2D eigenvalue weighted by Gasteiger charge is -2.15.